The smallest absolute Gasteiger partial charge is 0.313 e. The second-order valence-electron chi connectivity index (χ2n) is 3.82. The lowest BCUT2D eigenvalue weighted by molar-refractivity contribution is -0.385. The Kier molecular flexibility index (Phi) is 4.00. The summed E-state index contributed by atoms with van der Waals surface area (Å²) >= 11 is 5.78. The number of ether oxygens (including phenoxy) is 1. The van der Waals surface area contributed by atoms with E-state index in [0.29, 0.717) is 0 Å². The molecule has 2 rings (SSSR count). The van der Waals surface area contributed by atoms with Gasteiger partial charge >= 0.3 is 5.69 Å². The van der Waals surface area contributed by atoms with Crippen molar-refractivity contribution in [3.05, 3.63) is 62.7 Å². The van der Waals surface area contributed by atoms with Crippen molar-refractivity contribution in [2.45, 2.75) is 0 Å². The van der Waals surface area contributed by atoms with E-state index in [1.807, 2.05) is 0 Å². The molecule has 0 spiro atoms. The second-order valence-corrected chi connectivity index (χ2v) is 4.22. The summed E-state index contributed by atoms with van der Waals surface area (Å²) in [6, 6.07) is 6.19. The van der Waals surface area contributed by atoms with Crippen molar-refractivity contribution < 1.29 is 18.4 Å². The molecule has 2 aromatic rings. The van der Waals surface area contributed by atoms with Gasteiger partial charge in [0.15, 0.2) is 0 Å². The molecular formula is C13H5ClF2N2O3. The van der Waals surface area contributed by atoms with Gasteiger partial charge in [-0.2, -0.15) is 5.26 Å². The lowest BCUT2D eigenvalue weighted by Crippen LogP contribution is -1.99. The van der Waals surface area contributed by atoms with Crippen LogP contribution in [-0.4, -0.2) is 4.92 Å². The molecule has 5 nitrogen and oxygen atoms in total. The SMILES string of the molecule is N#Cc1c(F)ccc([N+](=O)[O-])c1Oc1cc(F)ccc1Cl. The van der Waals surface area contributed by atoms with Crippen molar-refractivity contribution in [3.63, 3.8) is 0 Å². The van der Waals surface area contributed by atoms with Crippen LogP contribution in [0, 0.1) is 33.1 Å². The van der Waals surface area contributed by atoms with Crippen LogP contribution in [0.4, 0.5) is 14.5 Å². The normalized spacial score (nSPS) is 10.0. The molecule has 0 aliphatic rings. The Hall–Kier alpha value is -2.72. The van der Waals surface area contributed by atoms with E-state index in [4.69, 9.17) is 21.6 Å². The van der Waals surface area contributed by atoms with Gasteiger partial charge in [0.05, 0.1) is 9.95 Å². The monoisotopic (exact) mass is 310 g/mol. The zero-order valence-electron chi connectivity index (χ0n) is 10.1. The molecule has 0 fully saturated rings. The van der Waals surface area contributed by atoms with Crippen molar-refractivity contribution in [3.8, 4) is 17.6 Å². The average molecular weight is 311 g/mol. The van der Waals surface area contributed by atoms with Crippen LogP contribution >= 0.6 is 11.6 Å². The number of benzene rings is 2. The number of hydrogen-bond donors (Lipinski definition) is 0. The van der Waals surface area contributed by atoms with Crippen LogP contribution in [0.1, 0.15) is 5.56 Å². The maximum atomic E-state index is 13.5. The Bertz CT molecular complexity index is 775. The molecule has 0 amide bonds. The molecule has 0 N–H and O–H groups in total. The van der Waals surface area contributed by atoms with Crippen molar-refractivity contribution >= 4 is 17.3 Å². The standard InChI is InChI=1S/C13H5ClF2N2O3/c14-9-2-1-7(15)5-12(9)21-13-8(6-17)10(16)3-4-11(13)18(19)20/h1-5H. The first-order valence-corrected chi connectivity index (χ1v) is 5.81. The van der Waals surface area contributed by atoms with Gasteiger partial charge in [0.2, 0.25) is 5.75 Å². The Labute approximate surface area is 122 Å². The highest BCUT2D eigenvalue weighted by Crippen LogP contribution is 2.38. The molecule has 0 heterocycles. The van der Waals surface area contributed by atoms with Gasteiger partial charge in [-0.15, -0.1) is 0 Å². The summed E-state index contributed by atoms with van der Waals surface area (Å²) in [5, 5.41) is 19.8. The maximum absolute atomic E-state index is 13.5. The first-order chi connectivity index (χ1) is 9.93. The molecule has 0 bridgehead atoms. The molecule has 0 radical (unpaired) electrons. The molecule has 106 valence electrons. The Morgan fingerprint density at radius 3 is 2.62 bits per heavy atom. The van der Waals surface area contributed by atoms with E-state index in [9.17, 15) is 18.9 Å². The lowest BCUT2D eigenvalue weighted by Gasteiger charge is -2.09. The van der Waals surface area contributed by atoms with Crippen molar-refractivity contribution in [2.75, 3.05) is 0 Å². The molecule has 0 atom stereocenters. The van der Waals surface area contributed by atoms with Crippen LogP contribution in [0.3, 0.4) is 0 Å². The molecule has 0 saturated heterocycles. The van der Waals surface area contributed by atoms with Gasteiger partial charge in [-0.1, -0.05) is 11.6 Å². The van der Waals surface area contributed by atoms with Gasteiger partial charge in [0, 0.05) is 12.1 Å². The van der Waals surface area contributed by atoms with E-state index in [1.54, 1.807) is 0 Å². The van der Waals surface area contributed by atoms with Crippen LogP contribution in [0.5, 0.6) is 11.5 Å². The molecule has 2 aromatic carbocycles. The number of nitro benzene ring substituents is 1. The van der Waals surface area contributed by atoms with E-state index in [1.165, 1.54) is 12.1 Å². The molecule has 0 aliphatic carbocycles. The summed E-state index contributed by atoms with van der Waals surface area (Å²) in [4.78, 5) is 10.1. The minimum atomic E-state index is -0.995. The van der Waals surface area contributed by atoms with E-state index in [2.05, 4.69) is 0 Å². The molecule has 0 aromatic heterocycles. The third-order valence-corrected chi connectivity index (χ3v) is 2.81. The number of nitriles is 1. The molecule has 21 heavy (non-hydrogen) atoms. The van der Waals surface area contributed by atoms with Gasteiger partial charge in [-0.05, 0) is 18.2 Å². The highest BCUT2D eigenvalue weighted by atomic mass is 35.5. The zero-order chi connectivity index (χ0) is 15.6. The maximum Gasteiger partial charge on any atom is 0.313 e. The minimum absolute atomic E-state index is 0.0427. The second kappa shape index (κ2) is 5.73. The van der Waals surface area contributed by atoms with Gasteiger partial charge < -0.3 is 4.74 Å². The predicted octanol–water partition coefficient (Wildman–Crippen LogP) is 4.19. The number of nitro groups is 1. The summed E-state index contributed by atoms with van der Waals surface area (Å²) in [5.74, 6) is -2.59. The highest BCUT2D eigenvalue weighted by Gasteiger charge is 2.24. The minimum Gasteiger partial charge on any atom is -0.447 e. The van der Waals surface area contributed by atoms with Crippen LogP contribution in [-0.2, 0) is 0 Å². The molecular weight excluding hydrogens is 306 g/mol. The van der Waals surface area contributed by atoms with Crippen LogP contribution < -0.4 is 4.74 Å². The van der Waals surface area contributed by atoms with Crippen LogP contribution in [0.25, 0.3) is 0 Å². The Balaban J connectivity index is 2.62. The van der Waals surface area contributed by atoms with Crippen LogP contribution in [0.2, 0.25) is 5.02 Å². The van der Waals surface area contributed by atoms with Gasteiger partial charge in [-0.3, -0.25) is 10.1 Å². The third kappa shape index (κ3) is 2.90. The van der Waals surface area contributed by atoms with E-state index >= 15 is 0 Å². The van der Waals surface area contributed by atoms with Gasteiger partial charge in [0.1, 0.15) is 29.0 Å². The van der Waals surface area contributed by atoms with E-state index in [-0.39, 0.29) is 10.8 Å². The number of rotatable bonds is 3. The fraction of sp³-hybridized carbons (Fsp3) is 0. The first kappa shape index (κ1) is 14.7. The molecule has 8 heteroatoms. The third-order valence-electron chi connectivity index (χ3n) is 2.50. The quantitative estimate of drug-likeness (QED) is 0.629. The largest absolute Gasteiger partial charge is 0.447 e. The number of halogens is 3. The predicted molar refractivity (Wildman–Crippen MR) is 69.3 cm³/mol. The number of hydrogen-bond acceptors (Lipinski definition) is 4. The van der Waals surface area contributed by atoms with Gasteiger partial charge in [-0.25, -0.2) is 8.78 Å². The average Bonchev–Trinajstić information content (AvgIpc) is 2.43. The van der Waals surface area contributed by atoms with E-state index in [0.717, 1.165) is 24.3 Å². The first-order valence-electron chi connectivity index (χ1n) is 5.44. The highest BCUT2D eigenvalue weighted by molar-refractivity contribution is 6.32. The molecule has 0 saturated carbocycles. The fourth-order valence-electron chi connectivity index (χ4n) is 1.56. The number of nitrogens with zero attached hydrogens (tertiary/aromatic N) is 2. The Morgan fingerprint density at radius 2 is 2.00 bits per heavy atom. The van der Waals surface area contributed by atoms with Crippen LogP contribution in [0.15, 0.2) is 30.3 Å². The zero-order valence-corrected chi connectivity index (χ0v) is 10.9. The lowest BCUT2D eigenvalue weighted by atomic mass is 10.1. The van der Waals surface area contributed by atoms with Crippen molar-refractivity contribution in [2.24, 2.45) is 0 Å². The molecule has 0 aliphatic heterocycles. The molecule has 0 unspecified atom stereocenters. The summed E-state index contributed by atoms with van der Waals surface area (Å²) in [5.41, 5.74) is -1.29. The summed E-state index contributed by atoms with van der Waals surface area (Å²) in [7, 11) is 0. The van der Waals surface area contributed by atoms with Crippen molar-refractivity contribution in [1.82, 2.24) is 0 Å². The summed E-state index contributed by atoms with van der Waals surface area (Å²) in [6.45, 7) is 0. The van der Waals surface area contributed by atoms with E-state index < -0.39 is 33.6 Å². The summed E-state index contributed by atoms with van der Waals surface area (Å²) < 4.78 is 31.8. The van der Waals surface area contributed by atoms with Crippen molar-refractivity contribution in [1.29, 1.82) is 5.26 Å². The topological polar surface area (TPSA) is 76.2 Å². The van der Waals surface area contributed by atoms with Gasteiger partial charge in [0.25, 0.3) is 0 Å². The fourth-order valence-corrected chi connectivity index (χ4v) is 1.72. The summed E-state index contributed by atoms with van der Waals surface area (Å²) in [6.07, 6.45) is 0. The Morgan fingerprint density at radius 1 is 1.29 bits per heavy atom.